The van der Waals surface area contributed by atoms with E-state index in [2.05, 4.69) is 26.3 Å². The Labute approximate surface area is 216 Å². The summed E-state index contributed by atoms with van der Waals surface area (Å²) in [5.41, 5.74) is 1.65. The van der Waals surface area contributed by atoms with E-state index in [1.54, 1.807) is 13.0 Å². The minimum Gasteiger partial charge on any atom is -0.852 e. The normalized spacial score (nSPS) is 16.5. The van der Waals surface area contributed by atoms with Gasteiger partial charge in [0.05, 0.1) is 12.3 Å². The maximum atomic E-state index is 12.4. The molecule has 8 heteroatoms. The van der Waals surface area contributed by atoms with Gasteiger partial charge in [0.15, 0.2) is 0 Å². The number of aromatic nitrogens is 2. The van der Waals surface area contributed by atoms with Gasteiger partial charge in [-0.25, -0.2) is 4.79 Å². The Hall–Kier alpha value is -1.34. The maximum absolute atomic E-state index is 12.4. The zero-order chi connectivity index (χ0) is 22.8. The molecule has 0 amide bonds. The van der Waals surface area contributed by atoms with Crippen LogP contribution in [0.4, 0.5) is 5.69 Å². The summed E-state index contributed by atoms with van der Waals surface area (Å²) in [7, 11) is 0. The summed E-state index contributed by atoms with van der Waals surface area (Å²) in [4.78, 5) is 12.2. The summed E-state index contributed by atoms with van der Waals surface area (Å²) in [6, 6.07) is 9.07. The molecule has 0 saturated heterocycles. The van der Waals surface area contributed by atoms with Crippen molar-refractivity contribution in [1.82, 2.24) is 9.78 Å². The molecule has 1 heterocycles. The first-order valence-electron chi connectivity index (χ1n) is 10.3. The summed E-state index contributed by atoms with van der Waals surface area (Å²) in [5.74, 6) is 0.404. The fraction of sp³-hybridized carbons (Fsp3) is 0.200. The molecule has 0 aliphatic heterocycles. The van der Waals surface area contributed by atoms with Crippen LogP contribution in [0.2, 0.25) is 0 Å². The van der Waals surface area contributed by atoms with Crippen LogP contribution >= 0.6 is 15.9 Å². The molecule has 2 saturated carbocycles. The second-order valence-corrected chi connectivity index (χ2v) is 7.81. The van der Waals surface area contributed by atoms with Crippen molar-refractivity contribution in [2.75, 3.05) is 13.2 Å². The molecular weight excluding hydrogens is 526 g/mol. The molecule has 1 atom stereocenters. The molecule has 2 fully saturated rings. The summed E-state index contributed by atoms with van der Waals surface area (Å²) < 4.78 is 7.47. The van der Waals surface area contributed by atoms with E-state index in [0.29, 0.717) is 5.69 Å². The van der Waals surface area contributed by atoms with Gasteiger partial charge in [0.1, 0.15) is 5.69 Å². The van der Waals surface area contributed by atoms with E-state index in [-0.39, 0.29) is 42.5 Å². The Bertz CT molecular complexity index is 826. The molecule has 1 aromatic heterocycles. The Morgan fingerprint density at radius 3 is 2.27 bits per heavy atom. The number of carbonyl (C=O) groups is 1. The van der Waals surface area contributed by atoms with Crippen LogP contribution in [0.15, 0.2) is 34.8 Å². The molecule has 1 aromatic carbocycles. The van der Waals surface area contributed by atoms with Crippen molar-refractivity contribution in [3.05, 3.63) is 115 Å². The smallest absolute Gasteiger partial charge is 0.852 e. The van der Waals surface area contributed by atoms with Crippen molar-refractivity contribution in [3.8, 4) is 0 Å². The number of ether oxygens (including phenoxy) is 1. The van der Waals surface area contributed by atoms with Gasteiger partial charge in [-0.05, 0) is 82.9 Å². The molecule has 172 valence electrons. The van der Waals surface area contributed by atoms with E-state index in [9.17, 15) is 9.90 Å². The number of nitrogens with zero attached hydrogens (tertiary/aromatic N) is 3. The van der Waals surface area contributed by atoms with Crippen LogP contribution in [0.3, 0.4) is 0 Å². The van der Waals surface area contributed by atoms with Gasteiger partial charge in [0.25, 0.3) is 0 Å². The van der Waals surface area contributed by atoms with E-state index in [0.717, 1.165) is 16.1 Å². The van der Waals surface area contributed by atoms with Crippen molar-refractivity contribution < 1.29 is 31.7 Å². The first-order valence-corrected chi connectivity index (χ1v) is 11.1. The van der Waals surface area contributed by atoms with Crippen LogP contribution in [0.25, 0.3) is 5.32 Å². The van der Waals surface area contributed by atoms with Crippen LogP contribution in [-0.4, -0.2) is 35.0 Å². The molecular formula is C25H24BrFeN3O3. The minimum atomic E-state index is -1.03. The Kier molecular flexibility index (Phi) is 12.5. The fourth-order valence-corrected chi connectivity index (χ4v) is 3.20. The monoisotopic (exact) mass is 549 g/mol. The molecule has 33 heavy (non-hydrogen) atoms. The van der Waals surface area contributed by atoms with Crippen LogP contribution < -0.4 is 5.11 Å². The summed E-state index contributed by atoms with van der Waals surface area (Å²) in [5, 5.41) is 21.2. The Morgan fingerprint density at radius 2 is 1.70 bits per heavy atom. The van der Waals surface area contributed by atoms with E-state index < -0.39 is 12.1 Å². The van der Waals surface area contributed by atoms with Gasteiger partial charge in [0, 0.05) is 16.9 Å². The van der Waals surface area contributed by atoms with Gasteiger partial charge < -0.3 is 15.2 Å². The van der Waals surface area contributed by atoms with E-state index in [1.165, 1.54) is 4.68 Å². The van der Waals surface area contributed by atoms with Crippen molar-refractivity contribution in [1.29, 1.82) is 0 Å². The first kappa shape index (κ1) is 27.9. The van der Waals surface area contributed by atoms with Crippen LogP contribution in [-0.2, 0) is 28.4 Å². The zero-order valence-electron chi connectivity index (χ0n) is 18.1. The second kappa shape index (κ2) is 14.8. The molecule has 2 aliphatic carbocycles. The van der Waals surface area contributed by atoms with Crippen molar-refractivity contribution in [3.63, 3.8) is 0 Å². The summed E-state index contributed by atoms with van der Waals surface area (Å²) >= 11 is 3.36. The van der Waals surface area contributed by atoms with E-state index >= 15 is 0 Å². The molecule has 4 rings (SSSR count). The van der Waals surface area contributed by atoms with Crippen LogP contribution in [0.5, 0.6) is 0 Å². The number of halogens is 1. The average Bonchev–Trinajstić information content (AvgIpc) is 3.57. The summed E-state index contributed by atoms with van der Waals surface area (Å²) in [6.07, 6.45) is 16.6. The fourth-order valence-electron chi connectivity index (χ4n) is 2.94. The third-order valence-corrected chi connectivity index (χ3v) is 4.99. The standard InChI is InChI=1S/C20H19BrN3O3.C5H5.Fe/c1-2-27-20(26)19-11-18(14-5-3-4-6-14)23-24(19)13-17(25)12-22-16-9-7-15(21)8-10-16;1-2-4-5-3-1;/h3-11,17H,2,12-13H2,1H3;1-5H;/q-2;;+2/t17-;;/m0../s1. The topological polar surface area (TPSA) is 81.3 Å². The van der Waals surface area contributed by atoms with E-state index in [1.807, 2.05) is 82.1 Å². The first-order chi connectivity index (χ1) is 15.6. The largest absolute Gasteiger partial charge is 2.00 e. The molecule has 0 unspecified atom stereocenters. The Balaban J connectivity index is 0.000000568. The van der Waals surface area contributed by atoms with Gasteiger partial charge in [0.2, 0.25) is 0 Å². The van der Waals surface area contributed by atoms with Crippen LogP contribution in [0.1, 0.15) is 23.1 Å². The molecule has 0 N–H and O–H groups in total. The quantitative estimate of drug-likeness (QED) is 0.368. The number of carbonyl (C=O) groups excluding carboxylic acids is 1. The Morgan fingerprint density at radius 1 is 1.09 bits per heavy atom. The number of esters is 1. The third kappa shape index (κ3) is 9.08. The van der Waals surface area contributed by atoms with Gasteiger partial charge in [-0.1, -0.05) is 28.1 Å². The number of benzene rings is 1. The third-order valence-electron chi connectivity index (χ3n) is 4.46. The number of hydrogen-bond donors (Lipinski definition) is 0. The average molecular weight is 550 g/mol. The zero-order valence-corrected chi connectivity index (χ0v) is 20.8. The second-order valence-electron chi connectivity index (χ2n) is 6.89. The minimum absolute atomic E-state index is 0. The number of hydrogen-bond acceptors (Lipinski definition) is 4. The SMILES string of the molecule is CCOC(=O)c1cc([C]2[CH][CH][CH][CH]2)nn1C[C@@H]([O-])C[N-]c1ccc(Br)cc1.[CH]1[CH][CH][CH][CH]1.[Fe+2]. The predicted octanol–water partition coefficient (Wildman–Crippen LogP) is 4.03. The molecule has 2 aromatic rings. The molecule has 6 nitrogen and oxygen atoms in total. The van der Waals surface area contributed by atoms with Gasteiger partial charge in [-0.3, -0.25) is 4.68 Å². The predicted molar refractivity (Wildman–Crippen MR) is 125 cm³/mol. The molecule has 10 radical (unpaired) electrons. The van der Waals surface area contributed by atoms with Crippen molar-refractivity contribution in [2.45, 2.75) is 19.6 Å². The van der Waals surface area contributed by atoms with Crippen molar-refractivity contribution >= 4 is 27.6 Å². The van der Waals surface area contributed by atoms with E-state index in [4.69, 9.17) is 4.74 Å². The number of rotatable bonds is 8. The molecule has 2 aliphatic rings. The van der Waals surface area contributed by atoms with Gasteiger partial charge in [-0.2, -0.15) is 5.10 Å². The maximum Gasteiger partial charge on any atom is 2.00 e. The van der Waals surface area contributed by atoms with Crippen molar-refractivity contribution in [2.24, 2.45) is 0 Å². The summed E-state index contributed by atoms with van der Waals surface area (Å²) in [6.45, 7) is 2.13. The van der Waals surface area contributed by atoms with Gasteiger partial charge >= 0.3 is 23.0 Å². The molecule has 0 spiro atoms. The van der Waals surface area contributed by atoms with Crippen LogP contribution in [0, 0.1) is 63.7 Å². The molecule has 0 bridgehead atoms. The van der Waals surface area contributed by atoms with Gasteiger partial charge in [-0.15, -0.1) is 18.3 Å².